The summed E-state index contributed by atoms with van der Waals surface area (Å²) in [5.74, 6) is -1.24. The number of nitrogens with zero attached hydrogens (tertiary/aromatic N) is 2. The molecule has 2 heterocycles. The Labute approximate surface area is 140 Å². The molecule has 0 fully saturated rings. The molecule has 5 nitrogen and oxygen atoms in total. The minimum atomic E-state index is -1.10. The van der Waals surface area contributed by atoms with E-state index in [2.05, 4.69) is 24.9 Å². The predicted octanol–water partition coefficient (Wildman–Crippen LogP) is 3.50. The zero-order chi connectivity index (χ0) is 17.3. The number of carbonyl (C=O) groups excluding carboxylic acids is 1. The van der Waals surface area contributed by atoms with Gasteiger partial charge in [-0.1, -0.05) is 32.0 Å². The molecule has 0 bridgehead atoms. The lowest BCUT2D eigenvalue weighted by Gasteiger charge is -2.27. The molecule has 0 atom stereocenters. The second kappa shape index (κ2) is 6.07. The summed E-state index contributed by atoms with van der Waals surface area (Å²) in [6.45, 7) is 4.94. The molecule has 124 valence electrons. The third-order valence-electron chi connectivity index (χ3n) is 5.06. The Morgan fingerprint density at radius 2 is 1.88 bits per heavy atom. The fourth-order valence-electron chi connectivity index (χ4n) is 3.47. The Balaban J connectivity index is 1.98. The Morgan fingerprint density at radius 1 is 1.17 bits per heavy atom. The van der Waals surface area contributed by atoms with Gasteiger partial charge in [0.15, 0.2) is 0 Å². The molecule has 0 saturated carbocycles. The Hall–Kier alpha value is -2.69. The number of anilines is 1. The summed E-state index contributed by atoms with van der Waals surface area (Å²) >= 11 is 0. The van der Waals surface area contributed by atoms with Crippen molar-refractivity contribution in [3.05, 3.63) is 59.4 Å². The number of para-hydroxylation sites is 1. The fraction of sp³-hybridized carbons (Fsp3) is 0.316. The van der Waals surface area contributed by atoms with Crippen molar-refractivity contribution in [1.29, 1.82) is 0 Å². The molecule has 0 saturated heterocycles. The van der Waals surface area contributed by atoms with E-state index in [1.165, 1.54) is 23.9 Å². The fourth-order valence-corrected chi connectivity index (χ4v) is 3.47. The molecule has 5 heteroatoms. The highest BCUT2D eigenvalue weighted by molar-refractivity contribution is 6.07. The molecule has 0 spiro atoms. The maximum Gasteiger partial charge on any atom is 0.354 e. The highest BCUT2D eigenvalue weighted by Gasteiger charge is 2.42. The third-order valence-corrected chi connectivity index (χ3v) is 5.06. The molecule has 1 amide bonds. The van der Waals surface area contributed by atoms with Crippen LogP contribution in [0.3, 0.4) is 0 Å². The number of aromatic carboxylic acids is 1. The van der Waals surface area contributed by atoms with E-state index in [0.717, 1.165) is 18.5 Å². The van der Waals surface area contributed by atoms with Crippen molar-refractivity contribution >= 4 is 17.6 Å². The van der Waals surface area contributed by atoms with Crippen LogP contribution in [-0.2, 0) is 5.41 Å². The van der Waals surface area contributed by atoms with Crippen molar-refractivity contribution in [3.63, 3.8) is 0 Å². The quantitative estimate of drug-likeness (QED) is 0.934. The largest absolute Gasteiger partial charge is 0.477 e. The van der Waals surface area contributed by atoms with Gasteiger partial charge in [0.25, 0.3) is 5.91 Å². The van der Waals surface area contributed by atoms with E-state index in [1.54, 1.807) is 4.90 Å². The molecular weight excluding hydrogens is 304 g/mol. The zero-order valence-electron chi connectivity index (χ0n) is 13.8. The first-order valence-electron chi connectivity index (χ1n) is 8.13. The number of fused-ring (bicyclic) bond motifs is 1. The van der Waals surface area contributed by atoms with Gasteiger partial charge in [-0.3, -0.25) is 4.79 Å². The zero-order valence-corrected chi connectivity index (χ0v) is 13.8. The van der Waals surface area contributed by atoms with Crippen LogP contribution in [0.5, 0.6) is 0 Å². The second-order valence-corrected chi connectivity index (χ2v) is 6.13. The average molecular weight is 324 g/mol. The SMILES string of the molecule is CCC1(CC)CN(C(=O)c2ccc(C(=O)O)nc2)c2ccccc21. The summed E-state index contributed by atoms with van der Waals surface area (Å²) in [5, 5.41) is 8.93. The molecule has 1 aliphatic rings. The standard InChI is InChI=1S/C19H20N2O3/c1-3-19(4-2)12-21(16-8-6-5-7-14(16)19)17(22)13-9-10-15(18(23)24)20-11-13/h5-11H,3-4,12H2,1-2H3,(H,23,24). The van der Waals surface area contributed by atoms with Crippen molar-refractivity contribution in [2.45, 2.75) is 32.1 Å². The smallest absolute Gasteiger partial charge is 0.354 e. The van der Waals surface area contributed by atoms with Crippen LogP contribution in [0.4, 0.5) is 5.69 Å². The van der Waals surface area contributed by atoms with Gasteiger partial charge in [0.05, 0.1) is 5.56 Å². The van der Waals surface area contributed by atoms with Crippen LogP contribution >= 0.6 is 0 Å². The van der Waals surface area contributed by atoms with Gasteiger partial charge in [-0.2, -0.15) is 0 Å². The predicted molar refractivity (Wildman–Crippen MR) is 91.6 cm³/mol. The first kappa shape index (κ1) is 16.2. The van der Waals surface area contributed by atoms with Gasteiger partial charge in [0.1, 0.15) is 5.69 Å². The topological polar surface area (TPSA) is 70.5 Å². The highest BCUT2D eigenvalue weighted by Crippen LogP contribution is 2.45. The van der Waals surface area contributed by atoms with Gasteiger partial charge >= 0.3 is 5.97 Å². The van der Waals surface area contributed by atoms with Crippen LogP contribution in [-0.4, -0.2) is 28.5 Å². The second-order valence-electron chi connectivity index (χ2n) is 6.13. The van der Waals surface area contributed by atoms with E-state index in [4.69, 9.17) is 5.11 Å². The molecule has 0 aliphatic carbocycles. The van der Waals surface area contributed by atoms with Crippen molar-refractivity contribution in [1.82, 2.24) is 4.98 Å². The molecule has 3 rings (SSSR count). The Bertz CT molecular complexity index is 779. The third kappa shape index (κ3) is 2.46. The van der Waals surface area contributed by atoms with E-state index < -0.39 is 5.97 Å². The minimum absolute atomic E-state index is 0.0271. The molecule has 1 aromatic carbocycles. The average Bonchev–Trinajstić information content (AvgIpc) is 2.96. The summed E-state index contributed by atoms with van der Waals surface area (Å²) < 4.78 is 0. The van der Waals surface area contributed by atoms with Gasteiger partial charge < -0.3 is 10.0 Å². The van der Waals surface area contributed by atoms with Gasteiger partial charge in [-0.15, -0.1) is 0 Å². The van der Waals surface area contributed by atoms with Crippen LogP contribution in [0.1, 0.15) is 53.1 Å². The lowest BCUT2D eigenvalue weighted by atomic mass is 9.78. The molecule has 1 N–H and O–H groups in total. The van der Waals surface area contributed by atoms with E-state index in [0.29, 0.717) is 12.1 Å². The van der Waals surface area contributed by atoms with Crippen molar-refractivity contribution in [3.8, 4) is 0 Å². The number of hydrogen-bond donors (Lipinski definition) is 1. The number of carboxylic acid groups (broad SMARTS) is 1. The van der Waals surface area contributed by atoms with Gasteiger partial charge in [0, 0.05) is 23.8 Å². The number of carbonyl (C=O) groups is 2. The lowest BCUT2D eigenvalue weighted by Crippen LogP contribution is -2.36. The van der Waals surface area contributed by atoms with Crippen molar-refractivity contribution in [2.24, 2.45) is 0 Å². The first-order chi connectivity index (χ1) is 11.5. The molecular formula is C19H20N2O3. The number of carboxylic acids is 1. The van der Waals surface area contributed by atoms with E-state index in [-0.39, 0.29) is 17.0 Å². The molecule has 24 heavy (non-hydrogen) atoms. The number of rotatable bonds is 4. The van der Waals surface area contributed by atoms with E-state index >= 15 is 0 Å². The molecule has 2 aromatic rings. The number of aromatic nitrogens is 1. The number of benzene rings is 1. The van der Waals surface area contributed by atoms with E-state index in [9.17, 15) is 9.59 Å². The monoisotopic (exact) mass is 324 g/mol. The molecule has 0 radical (unpaired) electrons. The minimum Gasteiger partial charge on any atom is -0.477 e. The van der Waals surface area contributed by atoms with Gasteiger partial charge in [-0.05, 0) is 36.6 Å². The maximum absolute atomic E-state index is 12.9. The molecule has 0 unspecified atom stereocenters. The summed E-state index contributed by atoms with van der Waals surface area (Å²) in [7, 11) is 0. The summed E-state index contributed by atoms with van der Waals surface area (Å²) in [4.78, 5) is 29.5. The lowest BCUT2D eigenvalue weighted by molar-refractivity contribution is 0.0690. The highest BCUT2D eigenvalue weighted by atomic mass is 16.4. The number of pyridine rings is 1. The number of amides is 1. The van der Waals surface area contributed by atoms with Gasteiger partial charge in [-0.25, -0.2) is 9.78 Å². The van der Waals surface area contributed by atoms with E-state index in [1.807, 2.05) is 18.2 Å². The summed E-state index contributed by atoms with van der Waals surface area (Å²) in [6, 6.07) is 10.9. The first-order valence-corrected chi connectivity index (χ1v) is 8.13. The number of hydrogen-bond acceptors (Lipinski definition) is 3. The summed E-state index contributed by atoms with van der Waals surface area (Å²) in [6.07, 6.45) is 3.26. The Kier molecular flexibility index (Phi) is 4.09. The van der Waals surface area contributed by atoms with Gasteiger partial charge in [0.2, 0.25) is 0 Å². The molecule has 1 aliphatic heterocycles. The summed E-state index contributed by atoms with van der Waals surface area (Å²) in [5.41, 5.74) is 2.45. The maximum atomic E-state index is 12.9. The van der Waals surface area contributed by atoms with Crippen LogP contribution in [0, 0.1) is 0 Å². The van der Waals surface area contributed by atoms with Crippen LogP contribution in [0.15, 0.2) is 42.6 Å². The Morgan fingerprint density at radius 3 is 2.46 bits per heavy atom. The molecule has 1 aromatic heterocycles. The van der Waals surface area contributed by atoms with Crippen molar-refractivity contribution < 1.29 is 14.7 Å². The normalized spacial score (nSPS) is 15.2. The van der Waals surface area contributed by atoms with Crippen LogP contribution in [0.2, 0.25) is 0 Å². The van der Waals surface area contributed by atoms with Crippen LogP contribution < -0.4 is 4.90 Å². The van der Waals surface area contributed by atoms with Crippen molar-refractivity contribution in [2.75, 3.05) is 11.4 Å². The van der Waals surface area contributed by atoms with Crippen LogP contribution in [0.25, 0.3) is 0 Å².